The van der Waals surface area contributed by atoms with Crippen molar-refractivity contribution in [2.24, 2.45) is 5.41 Å². The predicted molar refractivity (Wildman–Crippen MR) is 207 cm³/mol. The molecule has 10 rings (SSSR count). The number of pyridine rings is 1. The van der Waals surface area contributed by atoms with Crippen molar-refractivity contribution < 1.29 is 24.0 Å². The van der Waals surface area contributed by atoms with Gasteiger partial charge in [0.1, 0.15) is 23.2 Å². The molecule has 6 aliphatic rings. The summed E-state index contributed by atoms with van der Waals surface area (Å²) in [6.45, 7) is 2.96. The standard InChI is InChI=1S/C41H44N10O5/c1-47(2)37(55)30-17-25-19-43-39(46-35(25)50(30)26-6-3-4-7-26)44-31-12-10-24(18-42-31)16-33(53)49-22-40(23-49)20-48(21-40)27-8-5-9-28-34(27)41(14-15-41)38(56)51(28)29-11-13-32(52)45-36(29)54/h5,8-10,12,17-19,26,29H,3-4,6-7,11,13-16,20-23H2,1-2H3,(H,45,52,54)(H,42,43,44,46)/t29-/m1/s1. The van der Waals surface area contributed by atoms with Gasteiger partial charge in [-0.2, -0.15) is 4.98 Å². The molecule has 2 aliphatic carbocycles. The number of amides is 5. The minimum Gasteiger partial charge on any atom is -0.370 e. The summed E-state index contributed by atoms with van der Waals surface area (Å²) in [6, 6.07) is 11.1. The lowest BCUT2D eigenvalue weighted by molar-refractivity contribution is -0.144. The quantitative estimate of drug-likeness (QED) is 0.255. The van der Waals surface area contributed by atoms with Crippen LogP contribution in [-0.2, 0) is 31.0 Å². The molecule has 0 radical (unpaired) electrons. The zero-order chi connectivity index (χ0) is 38.5. The van der Waals surface area contributed by atoms with Gasteiger partial charge in [0, 0.05) is 87.2 Å². The van der Waals surface area contributed by atoms with Gasteiger partial charge in [0.25, 0.3) is 5.91 Å². The molecule has 2 saturated carbocycles. The highest BCUT2D eigenvalue weighted by molar-refractivity contribution is 6.16. The smallest absolute Gasteiger partial charge is 0.270 e. The highest BCUT2D eigenvalue weighted by Crippen LogP contribution is 2.61. The van der Waals surface area contributed by atoms with Crippen LogP contribution in [0.3, 0.4) is 0 Å². The fourth-order valence-electron chi connectivity index (χ4n) is 9.83. The van der Waals surface area contributed by atoms with Gasteiger partial charge < -0.3 is 24.6 Å². The number of fused-ring (bicyclic) bond motifs is 3. The van der Waals surface area contributed by atoms with Crippen LogP contribution in [0, 0.1) is 5.41 Å². The van der Waals surface area contributed by atoms with Crippen molar-refractivity contribution >= 4 is 63.7 Å². The van der Waals surface area contributed by atoms with E-state index < -0.39 is 17.4 Å². The maximum atomic E-state index is 13.8. The van der Waals surface area contributed by atoms with Gasteiger partial charge >= 0.3 is 0 Å². The lowest BCUT2D eigenvalue weighted by atomic mass is 9.72. The first-order chi connectivity index (χ1) is 27.0. The summed E-state index contributed by atoms with van der Waals surface area (Å²) >= 11 is 0. The van der Waals surface area contributed by atoms with Crippen molar-refractivity contribution in [1.82, 2.24) is 34.6 Å². The number of nitrogens with one attached hydrogen (secondary N) is 2. The van der Waals surface area contributed by atoms with Crippen LogP contribution in [0.25, 0.3) is 11.0 Å². The molecule has 1 atom stereocenters. The number of imide groups is 1. The van der Waals surface area contributed by atoms with Crippen molar-refractivity contribution in [3.05, 3.63) is 65.6 Å². The second-order valence-electron chi connectivity index (χ2n) is 16.9. The lowest BCUT2D eigenvalue weighted by Crippen LogP contribution is -2.73. The Balaban J connectivity index is 0.770. The maximum absolute atomic E-state index is 13.8. The van der Waals surface area contributed by atoms with Crippen molar-refractivity contribution in [3.8, 4) is 0 Å². The number of likely N-dealkylation sites (tertiary alicyclic amines) is 1. The van der Waals surface area contributed by atoms with Crippen molar-refractivity contribution in [1.29, 1.82) is 0 Å². The monoisotopic (exact) mass is 756 g/mol. The second-order valence-corrected chi connectivity index (χ2v) is 16.9. The Kier molecular flexibility index (Phi) is 7.78. The second kappa shape index (κ2) is 12.6. The van der Waals surface area contributed by atoms with Gasteiger partial charge in [-0.3, -0.25) is 34.2 Å². The number of rotatable bonds is 8. The molecule has 3 saturated heterocycles. The molecule has 5 fully saturated rings. The number of aromatic nitrogens is 4. The summed E-state index contributed by atoms with van der Waals surface area (Å²) in [5, 5.41) is 6.44. The third-order valence-corrected chi connectivity index (χ3v) is 12.8. The Bertz CT molecular complexity index is 2330. The molecular formula is C41H44N10O5. The SMILES string of the molecule is CN(C)C(=O)c1cc2cnc(Nc3ccc(CC(=O)N4CC5(C4)CN(c4cccc6c4C4(CC4)C(=O)N6[C@@H]4CCC(=O)NC4=O)C5)cn3)nc2n1C1CCCC1. The number of piperidine rings is 1. The van der Waals surface area contributed by atoms with Crippen LogP contribution in [-0.4, -0.2) is 105 Å². The Hall–Kier alpha value is -5.86. The molecule has 15 heteroatoms. The molecule has 5 amide bonds. The van der Waals surface area contributed by atoms with E-state index in [1.165, 1.54) is 0 Å². The van der Waals surface area contributed by atoms with E-state index in [0.29, 0.717) is 37.0 Å². The first-order valence-corrected chi connectivity index (χ1v) is 19.7. The van der Waals surface area contributed by atoms with Gasteiger partial charge in [0.15, 0.2) is 0 Å². The number of benzene rings is 1. The van der Waals surface area contributed by atoms with Gasteiger partial charge in [-0.05, 0) is 61.9 Å². The van der Waals surface area contributed by atoms with Crippen LogP contribution in [0.2, 0.25) is 0 Å². The van der Waals surface area contributed by atoms with Crippen LogP contribution < -0.4 is 20.4 Å². The van der Waals surface area contributed by atoms with E-state index in [4.69, 9.17) is 4.98 Å². The molecule has 1 aromatic carbocycles. The molecule has 288 valence electrons. The average molecular weight is 757 g/mol. The lowest BCUT2D eigenvalue weighted by Gasteiger charge is -2.61. The van der Waals surface area contributed by atoms with Crippen molar-refractivity contribution in [2.45, 2.75) is 75.3 Å². The minimum atomic E-state index is -0.676. The Morgan fingerprint density at radius 2 is 1.71 bits per heavy atom. The predicted octanol–water partition coefficient (Wildman–Crippen LogP) is 3.46. The summed E-state index contributed by atoms with van der Waals surface area (Å²) in [4.78, 5) is 86.2. The fraction of sp³-hybridized carbons (Fsp3) is 0.463. The molecule has 0 bridgehead atoms. The molecule has 3 aromatic heterocycles. The van der Waals surface area contributed by atoms with Gasteiger partial charge in [-0.25, -0.2) is 9.97 Å². The summed E-state index contributed by atoms with van der Waals surface area (Å²) < 4.78 is 2.08. The van der Waals surface area contributed by atoms with E-state index in [9.17, 15) is 24.0 Å². The maximum Gasteiger partial charge on any atom is 0.270 e. The summed E-state index contributed by atoms with van der Waals surface area (Å²) in [5.74, 6) is 0.222. The normalized spacial score (nSPS) is 22.0. The molecule has 4 aliphatic heterocycles. The van der Waals surface area contributed by atoms with Crippen molar-refractivity contribution in [2.75, 3.05) is 55.4 Å². The third-order valence-electron chi connectivity index (χ3n) is 12.8. The third kappa shape index (κ3) is 5.45. The van der Waals surface area contributed by atoms with E-state index in [0.717, 1.165) is 85.1 Å². The number of carbonyl (C=O) groups is 5. The molecule has 0 unspecified atom stereocenters. The molecule has 2 N–H and O–H groups in total. The van der Waals surface area contributed by atoms with E-state index >= 15 is 0 Å². The van der Waals surface area contributed by atoms with Gasteiger partial charge in [-0.15, -0.1) is 0 Å². The highest BCUT2D eigenvalue weighted by atomic mass is 16.2. The van der Waals surface area contributed by atoms with Gasteiger partial charge in [-0.1, -0.05) is 25.0 Å². The largest absolute Gasteiger partial charge is 0.370 e. The molecule has 15 nitrogen and oxygen atoms in total. The highest BCUT2D eigenvalue weighted by Gasteiger charge is 2.63. The molecule has 7 heterocycles. The number of hydrogen-bond donors (Lipinski definition) is 2. The Labute approximate surface area is 323 Å². The van der Waals surface area contributed by atoms with E-state index in [1.807, 2.05) is 35.2 Å². The number of nitrogens with zero attached hydrogens (tertiary/aromatic N) is 8. The zero-order valence-corrected chi connectivity index (χ0v) is 31.6. The molecular weight excluding hydrogens is 713 g/mol. The average Bonchev–Trinajstić information content (AvgIpc) is 3.47. The topological polar surface area (TPSA) is 166 Å². The molecule has 4 aromatic rings. The number of hydrogen-bond acceptors (Lipinski definition) is 10. The first-order valence-electron chi connectivity index (χ1n) is 19.7. The number of anilines is 4. The molecule has 2 spiro atoms. The molecule has 56 heavy (non-hydrogen) atoms. The van der Waals surface area contributed by atoms with E-state index in [1.54, 1.807) is 36.3 Å². The van der Waals surface area contributed by atoms with Crippen LogP contribution in [0.4, 0.5) is 23.1 Å². The van der Waals surface area contributed by atoms with E-state index in [2.05, 4.69) is 36.1 Å². The van der Waals surface area contributed by atoms with Crippen molar-refractivity contribution in [3.63, 3.8) is 0 Å². The van der Waals surface area contributed by atoms with Crippen LogP contribution in [0.5, 0.6) is 0 Å². The van der Waals surface area contributed by atoms with Gasteiger partial charge in [0.2, 0.25) is 29.6 Å². The first kappa shape index (κ1) is 34.6. The summed E-state index contributed by atoms with van der Waals surface area (Å²) in [7, 11) is 3.52. The van der Waals surface area contributed by atoms with Crippen LogP contribution in [0.1, 0.15) is 79.0 Å². The van der Waals surface area contributed by atoms with Crippen LogP contribution in [0.15, 0.2) is 48.8 Å². The zero-order valence-electron chi connectivity index (χ0n) is 31.6. The Morgan fingerprint density at radius 3 is 2.41 bits per heavy atom. The minimum absolute atomic E-state index is 0.0201. The van der Waals surface area contributed by atoms with Crippen LogP contribution >= 0.6 is 0 Å². The van der Waals surface area contributed by atoms with E-state index in [-0.39, 0.29) is 47.9 Å². The Morgan fingerprint density at radius 1 is 0.946 bits per heavy atom. The van der Waals surface area contributed by atoms with Gasteiger partial charge in [0.05, 0.1) is 17.5 Å². The summed E-state index contributed by atoms with van der Waals surface area (Å²) in [6.07, 6.45) is 10.0. The number of carbonyl (C=O) groups excluding carboxylic acids is 5. The summed E-state index contributed by atoms with van der Waals surface area (Å²) in [5.41, 5.74) is 4.44. The fourth-order valence-corrected chi connectivity index (χ4v) is 9.83.